The highest BCUT2D eigenvalue weighted by Crippen LogP contribution is 2.33. The summed E-state index contributed by atoms with van der Waals surface area (Å²) in [7, 11) is 0. The van der Waals surface area contributed by atoms with E-state index in [0.717, 1.165) is 34.8 Å². The summed E-state index contributed by atoms with van der Waals surface area (Å²) in [5.74, 6) is 0. The quantitative estimate of drug-likeness (QED) is 0.917. The molecule has 5 heteroatoms. The summed E-state index contributed by atoms with van der Waals surface area (Å²) in [5, 5.41) is 18.3. The summed E-state index contributed by atoms with van der Waals surface area (Å²) in [6, 6.07) is 5.87. The molecule has 1 N–H and O–H groups in total. The highest BCUT2D eigenvalue weighted by Gasteiger charge is 2.35. The molecule has 0 saturated heterocycles. The van der Waals surface area contributed by atoms with Crippen LogP contribution in [0.5, 0.6) is 0 Å². The van der Waals surface area contributed by atoms with Crippen molar-refractivity contribution in [1.82, 2.24) is 15.0 Å². The Labute approximate surface area is 101 Å². The molecule has 1 fully saturated rings. The Balaban J connectivity index is 1.98. The minimum Gasteiger partial charge on any atom is -0.388 e. The lowest BCUT2D eigenvalue weighted by molar-refractivity contribution is -0.0492. The van der Waals surface area contributed by atoms with E-state index >= 15 is 0 Å². The van der Waals surface area contributed by atoms with Gasteiger partial charge in [0.2, 0.25) is 0 Å². The predicted molar refractivity (Wildman–Crippen MR) is 64.0 cm³/mol. The molecule has 0 aliphatic heterocycles. The van der Waals surface area contributed by atoms with Crippen LogP contribution in [-0.2, 0) is 6.54 Å². The molecular formula is C11H12BrN3O. The highest BCUT2D eigenvalue weighted by atomic mass is 79.9. The number of aromatic nitrogens is 3. The molecule has 16 heavy (non-hydrogen) atoms. The number of hydrogen-bond acceptors (Lipinski definition) is 3. The number of rotatable bonds is 2. The van der Waals surface area contributed by atoms with Gasteiger partial charge in [0.25, 0.3) is 0 Å². The van der Waals surface area contributed by atoms with Crippen molar-refractivity contribution in [2.75, 3.05) is 0 Å². The topological polar surface area (TPSA) is 50.9 Å². The van der Waals surface area contributed by atoms with Crippen LogP contribution in [0.3, 0.4) is 0 Å². The number of benzene rings is 1. The van der Waals surface area contributed by atoms with Crippen molar-refractivity contribution in [2.24, 2.45) is 0 Å². The Morgan fingerprint density at radius 2 is 2.25 bits per heavy atom. The van der Waals surface area contributed by atoms with Crippen LogP contribution in [0.2, 0.25) is 0 Å². The second-order valence-corrected chi connectivity index (χ2v) is 5.37. The monoisotopic (exact) mass is 281 g/mol. The van der Waals surface area contributed by atoms with Gasteiger partial charge in [0.15, 0.2) is 0 Å². The summed E-state index contributed by atoms with van der Waals surface area (Å²) in [4.78, 5) is 0. The van der Waals surface area contributed by atoms with Gasteiger partial charge in [-0.2, -0.15) is 0 Å². The third kappa shape index (κ3) is 1.64. The van der Waals surface area contributed by atoms with Gasteiger partial charge in [-0.15, -0.1) is 5.10 Å². The van der Waals surface area contributed by atoms with Crippen LogP contribution in [-0.4, -0.2) is 25.7 Å². The van der Waals surface area contributed by atoms with Gasteiger partial charge in [0, 0.05) is 4.47 Å². The Kier molecular flexibility index (Phi) is 2.26. The average molecular weight is 282 g/mol. The second kappa shape index (κ2) is 3.53. The SMILES string of the molecule is OC1(Cn2nnc3cc(Br)ccc32)CCC1. The third-order valence-electron chi connectivity index (χ3n) is 3.20. The molecule has 1 aliphatic carbocycles. The first-order valence-electron chi connectivity index (χ1n) is 5.37. The van der Waals surface area contributed by atoms with Gasteiger partial charge in [0.1, 0.15) is 5.52 Å². The van der Waals surface area contributed by atoms with E-state index < -0.39 is 5.60 Å². The molecule has 0 amide bonds. The molecule has 4 nitrogen and oxygen atoms in total. The van der Waals surface area contributed by atoms with Gasteiger partial charge in [-0.25, -0.2) is 4.68 Å². The molecule has 1 heterocycles. The fraction of sp³-hybridized carbons (Fsp3) is 0.455. The minimum atomic E-state index is -0.562. The number of halogens is 1. The minimum absolute atomic E-state index is 0.547. The molecule has 1 saturated carbocycles. The Bertz CT molecular complexity index is 533. The number of nitrogens with zero attached hydrogens (tertiary/aromatic N) is 3. The molecule has 84 valence electrons. The lowest BCUT2D eigenvalue weighted by Crippen LogP contribution is -2.41. The maximum Gasteiger partial charge on any atom is 0.114 e. The smallest absolute Gasteiger partial charge is 0.114 e. The summed E-state index contributed by atoms with van der Waals surface area (Å²) < 4.78 is 2.79. The molecule has 1 aliphatic rings. The first-order chi connectivity index (χ1) is 7.66. The first-order valence-corrected chi connectivity index (χ1v) is 6.17. The fourth-order valence-corrected chi connectivity index (χ4v) is 2.43. The zero-order valence-corrected chi connectivity index (χ0v) is 10.3. The molecule has 3 rings (SSSR count). The van der Waals surface area contributed by atoms with Crippen LogP contribution < -0.4 is 0 Å². The fourth-order valence-electron chi connectivity index (χ4n) is 2.08. The average Bonchev–Trinajstić information content (AvgIpc) is 2.58. The second-order valence-electron chi connectivity index (χ2n) is 4.46. The molecule has 1 aromatic carbocycles. The van der Waals surface area contributed by atoms with E-state index in [2.05, 4.69) is 26.2 Å². The number of hydrogen-bond donors (Lipinski definition) is 1. The predicted octanol–water partition coefficient (Wildman–Crippen LogP) is 2.11. The van der Waals surface area contributed by atoms with Crippen LogP contribution in [0.4, 0.5) is 0 Å². The van der Waals surface area contributed by atoms with Crippen LogP contribution in [0.25, 0.3) is 11.0 Å². The van der Waals surface area contributed by atoms with Crippen molar-refractivity contribution in [3.05, 3.63) is 22.7 Å². The van der Waals surface area contributed by atoms with E-state index in [9.17, 15) is 5.11 Å². The molecular weight excluding hydrogens is 270 g/mol. The lowest BCUT2D eigenvalue weighted by atomic mass is 9.80. The molecule has 2 aromatic rings. The van der Waals surface area contributed by atoms with Crippen molar-refractivity contribution in [3.63, 3.8) is 0 Å². The number of aliphatic hydroxyl groups is 1. The maximum absolute atomic E-state index is 10.1. The summed E-state index contributed by atoms with van der Waals surface area (Å²) in [6.07, 6.45) is 2.84. The van der Waals surface area contributed by atoms with E-state index in [0.29, 0.717) is 6.54 Å². The van der Waals surface area contributed by atoms with Crippen LogP contribution in [0.15, 0.2) is 22.7 Å². The molecule has 0 spiro atoms. The molecule has 0 radical (unpaired) electrons. The zero-order valence-electron chi connectivity index (χ0n) is 8.73. The van der Waals surface area contributed by atoms with Crippen LogP contribution in [0, 0.1) is 0 Å². The lowest BCUT2D eigenvalue weighted by Gasteiger charge is -2.36. The molecule has 1 aromatic heterocycles. The third-order valence-corrected chi connectivity index (χ3v) is 3.70. The summed E-state index contributed by atoms with van der Waals surface area (Å²) in [6.45, 7) is 0.547. The van der Waals surface area contributed by atoms with Crippen molar-refractivity contribution in [2.45, 2.75) is 31.4 Å². The zero-order chi connectivity index (χ0) is 11.2. The Morgan fingerprint density at radius 1 is 1.44 bits per heavy atom. The maximum atomic E-state index is 10.1. The summed E-state index contributed by atoms with van der Waals surface area (Å²) in [5.41, 5.74) is 1.27. The Hall–Kier alpha value is -0.940. The molecule has 0 bridgehead atoms. The standard InChI is InChI=1S/C11H12BrN3O/c12-8-2-3-10-9(6-8)13-14-15(10)7-11(16)4-1-5-11/h2-3,6,16H,1,4-5,7H2. The molecule has 0 atom stereocenters. The van der Waals surface area contributed by atoms with Crippen LogP contribution in [0.1, 0.15) is 19.3 Å². The first kappa shape index (κ1) is 10.2. The van der Waals surface area contributed by atoms with Gasteiger partial charge in [-0.3, -0.25) is 0 Å². The van der Waals surface area contributed by atoms with Gasteiger partial charge in [-0.1, -0.05) is 21.1 Å². The normalized spacial score (nSPS) is 18.6. The van der Waals surface area contributed by atoms with E-state index in [1.165, 1.54) is 0 Å². The van der Waals surface area contributed by atoms with Gasteiger partial charge >= 0.3 is 0 Å². The van der Waals surface area contributed by atoms with Crippen molar-refractivity contribution in [1.29, 1.82) is 0 Å². The number of fused-ring (bicyclic) bond motifs is 1. The van der Waals surface area contributed by atoms with E-state index in [-0.39, 0.29) is 0 Å². The van der Waals surface area contributed by atoms with Gasteiger partial charge in [0.05, 0.1) is 17.7 Å². The van der Waals surface area contributed by atoms with E-state index in [4.69, 9.17) is 0 Å². The van der Waals surface area contributed by atoms with Gasteiger partial charge < -0.3 is 5.11 Å². The summed E-state index contributed by atoms with van der Waals surface area (Å²) >= 11 is 3.40. The van der Waals surface area contributed by atoms with Crippen molar-refractivity contribution < 1.29 is 5.11 Å². The highest BCUT2D eigenvalue weighted by molar-refractivity contribution is 9.10. The van der Waals surface area contributed by atoms with Crippen molar-refractivity contribution in [3.8, 4) is 0 Å². The van der Waals surface area contributed by atoms with E-state index in [1.807, 2.05) is 18.2 Å². The van der Waals surface area contributed by atoms with E-state index in [1.54, 1.807) is 4.68 Å². The Morgan fingerprint density at radius 3 is 2.94 bits per heavy atom. The van der Waals surface area contributed by atoms with Crippen LogP contribution >= 0.6 is 15.9 Å². The van der Waals surface area contributed by atoms with Gasteiger partial charge in [-0.05, 0) is 37.5 Å². The molecule has 0 unspecified atom stereocenters. The largest absolute Gasteiger partial charge is 0.388 e. The van der Waals surface area contributed by atoms with Crippen molar-refractivity contribution >= 4 is 27.0 Å².